The van der Waals surface area contributed by atoms with E-state index in [1.807, 2.05) is 0 Å². The summed E-state index contributed by atoms with van der Waals surface area (Å²) in [6.45, 7) is 0. The van der Waals surface area contributed by atoms with E-state index in [9.17, 15) is 9.90 Å². The molecule has 0 saturated carbocycles. The van der Waals surface area contributed by atoms with Crippen LogP contribution in [-0.4, -0.2) is 11.0 Å². The molecular formula is C6H4AgNO2S. The summed E-state index contributed by atoms with van der Waals surface area (Å²) in [4.78, 5) is 12.8. The first-order valence-corrected chi connectivity index (χ1v) is 3.01. The van der Waals surface area contributed by atoms with Crippen LogP contribution in [0.25, 0.3) is 0 Å². The van der Waals surface area contributed by atoms with E-state index in [1.165, 1.54) is 6.07 Å². The van der Waals surface area contributed by atoms with E-state index in [0.717, 1.165) is 0 Å². The van der Waals surface area contributed by atoms with Crippen LogP contribution in [0.1, 0.15) is 10.4 Å². The van der Waals surface area contributed by atoms with Crippen LogP contribution in [0.3, 0.4) is 0 Å². The molecule has 0 atom stereocenters. The molecule has 0 spiro atoms. The summed E-state index contributed by atoms with van der Waals surface area (Å²) in [5, 5.41) is 10.2. The molecule has 62 valence electrons. The average molecular weight is 262 g/mol. The third kappa shape index (κ3) is 2.59. The van der Waals surface area contributed by atoms with Crippen molar-refractivity contribution in [3.05, 3.63) is 28.5 Å². The number of hydrogen-bond donors (Lipinski definition) is 1. The molecular weight excluding hydrogens is 258 g/mol. The molecule has 0 aliphatic rings. The largest absolute Gasteiger partial charge is 1.00 e. The number of carbonyl (C=O) groups excluding carboxylic acids is 1. The summed E-state index contributed by atoms with van der Waals surface area (Å²) in [5.41, 5.74) is 0.0255. The van der Waals surface area contributed by atoms with Crippen LogP contribution in [0.5, 0.6) is 0 Å². The van der Waals surface area contributed by atoms with Gasteiger partial charge in [-0.1, -0.05) is 12.2 Å². The average Bonchev–Trinajstić information content (AvgIpc) is 1.88. The molecule has 0 fully saturated rings. The van der Waals surface area contributed by atoms with Gasteiger partial charge < -0.3 is 14.9 Å². The van der Waals surface area contributed by atoms with Gasteiger partial charge in [-0.25, -0.2) is 0 Å². The maximum atomic E-state index is 10.2. The minimum atomic E-state index is -1.25. The Labute approximate surface area is 84.0 Å². The van der Waals surface area contributed by atoms with Gasteiger partial charge >= 0.3 is 22.4 Å². The van der Waals surface area contributed by atoms with Gasteiger partial charge in [-0.2, -0.15) is 0 Å². The van der Waals surface area contributed by atoms with Crippen molar-refractivity contribution in [1.29, 1.82) is 0 Å². The maximum absolute atomic E-state index is 10.2. The second-order valence-corrected chi connectivity index (χ2v) is 2.11. The van der Waals surface area contributed by atoms with Gasteiger partial charge in [-0.15, -0.1) is 0 Å². The number of pyridine rings is 1. The van der Waals surface area contributed by atoms with Crippen LogP contribution in [0.2, 0.25) is 0 Å². The monoisotopic (exact) mass is 261 g/mol. The number of hydrogen-bond acceptors (Lipinski definition) is 3. The fourth-order valence-electron chi connectivity index (χ4n) is 0.582. The van der Waals surface area contributed by atoms with Crippen LogP contribution < -0.4 is 5.11 Å². The molecule has 1 rings (SSSR count). The Morgan fingerprint density at radius 1 is 1.64 bits per heavy atom. The molecule has 0 radical (unpaired) electrons. The van der Waals surface area contributed by atoms with Gasteiger partial charge in [0.15, 0.2) is 0 Å². The number of aromatic amines is 1. The van der Waals surface area contributed by atoms with Crippen LogP contribution in [0.4, 0.5) is 0 Å². The van der Waals surface area contributed by atoms with Crippen LogP contribution in [0, 0.1) is 4.64 Å². The molecule has 0 bridgehead atoms. The fraction of sp³-hybridized carbons (Fsp3) is 0. The Morgan fingerprint density at radius 2 is 2.27 bits per heavy atom. The van der Waals surface area contributed by atoms with Gasteiger partial charge in [-0.05, 0) is 12.1 Å². The second-order valence-electron chi connectivity index (χ2n) is 1.70. The van der Waals surface area contributed by atoms with E-state index >= 15 is 0 Å². The summed E-state index contributed by atoms with van der Waals surface area (Å²) < 4.78 is 0.197. The summed E-state index contributed by atoms with van der Waals surface area (Å²) in [5.74, 6) is -1.25. The molecule has 1 heterocycles. The number of H-pyrrole nitrogens is 1. The van der Waals surface area contributed by atoms with Crippen molar-refractivity contribution in [3.8, 4) is 0 Å². The Morgan fingerprint density at radius 3 is 2.64 bits per heavy atom. The maximum Gasteiger partial charge on any atom is 1.00 e. The first-order valence-electron chi connectivity index (χ1n) is 2.61. The second kappa shape index (κ2) is 4.46. The van der Waals surface area contributed by atoms with Crippen molar-refractivity contribution in [3.63, 3.8) is 0 Å². The van der Waals surface area contributed by atoms with Crippen LogP contribution in [-0.2, 0) is 22.4 Å². The third-order valence-electron chi connectivity index (χ3n) is 1.04. The molecule has 1 aromatic heterocycles. The Bertz CT molecular complexity index is 309. The summed E-state index contributed by atoms with van der Waals surface area (Å²) in [6, 6.07) is 2.95. The molecule has 0 unspecified atom stereocenters. The Kier molecular flexibility index (Phi) is 4.29. The zero-order valence-electron chi connectivity index (χ0n) is 5.26. The SMILES string of the molecule is O=C([O-])c1ccc[nH]c1=S.[Ag+]. The number of aromatic carboxylic acids is 1. The smallest absolute Gasteiger partial charge is 0.545 e. The first kappa shape index (κ1) is 10.6. The zero-order valence-corrected chi connectivity index (χ0v) is 7.56. The third-order valence-corrected chi connectivity index (χ3v) is 1.38. The molecule has 0 aliphatic carbocycles. The van der Waals surface area contributed by atoms with E-state index in [4.69, 9.17) is 0 Å². The molecule has 11 heavy (non-hydrogen) atoms. The van der Waals surface area contributed by atoms with Crippen LogP contribution in [0.15, 0.2) is 18.3 Å². The molecule has 0 aromatic carbocycles. The number of carboxylic acids is 1. The number of rotatable bonds is 1. The molecule has 1 N–H and O–H groups in total. The quantitative estimate of drug-likeness (QED) is 0.577. The summed E-state index contributed by atoms with van der Waals surface area (Å²) in [6.07, 6.45) is 1.56. The van der Waals surface area contributed by atoms with Crippen molar-refractivity contribution in [2.45, 2.75) is 0 Å². The standard InChI is InChI=1S/C6H5NO2S.Ag/c8-6(9)4-2-1-3-7-5(4)10;/h1-3H,(H,7,10)(H,8,9);/q;+1/p-1. The van der Waals surface area contributed by atoms with E-state index in [2.05, 4.69) is 17.2 Å². The van der Waals surface area contributed by atoms with Crippen molar-refractivity contribution < 1.29 is 32.3 Å². The van der Waals surface area contributed by atoms with E-state index < -0.39 is 5.97 Å². The number of nitrogens with one attached hydrogen (secondary N) is 1. The van der Waals surface area contributed by atoms with E-state index in [0.29, 0.717) is 0 Å². The van der Waals surface area contributed by atoms with E-state index in [-0.39, 0.29) is 32.6 Å². The fourth-order valence-corrected chi connectivity index (χ4v) is 0.802. The molecule has 0 saturated heterocycles. The van der Waals surface area contributed by atoms with Gasteiger partial charge in [0.2, 0.25) is 0 Å². The summed E-state index contributed by atoms with van der Waals surface area (Å²) in [7, 11) is 0. The minimum absolute atomic E-state index is 0. The molecule has 1 aromatic rings. The van der Waals surface area contributed by atoms with Crippen molar-refractivity contribution >= 4 is 18.2 Å². The van der Waals surface area contributed by atoms with Gasteiger partial charge in [-0.3, -0.25) is 0 Å². The Hall–Kier alpha value is -0.420. The topological polar surface area (TPSA) is 55.9 Å². The minimum Gasteiger partial charge on any atom is -0.545 e. The predicted octanol–water partition coefficient (Wildman–Crippen LogP) is 0.105. The van der Waals surface area contributed by atoms with Gasteiger partial charge in [0, 0.05) is 11.8 Å². The van der Waals surface area contributed by atoms with Crippen molar-refractivity contribution in [1.82, 2.24) is 4.98 Å². The predicted molar refractivity (Wildman–Crippen MR) is 36.0 cm³/mol. The zero-order chi connectivity index (χ0) is 7.56. The van der Waals surface area contributed by atoms with E-state index in [1.54, 1.807) is 12.3 Å². The number of aromatic nitrogens is 1. The van der Waals surface area contributed by atoms with Crippen molar-refractivity contribution in [2.75, 3.05) is 0 Å². The molecule has 0 aliphatic heterocycles. The van der Waals surface area contributed by atoms with Crippen LogP contribution >= 0.6 is 12.2 Å². The Balaban J connectivity index is 0.000001000. The molecule has 3 nitrogen and oxygen atoms in total. The van der Waals surface area contributed by atoms with Gasteiger partial charge in [0.25, 0.3) is 0 Å². The molecule has 0 amide bonds. The molecule has 5 heteroatoms. The summed E-state index contributed by atoms with van der Waals surface area (Å²) >= 11 is 4.65. The normalized spacial score (nSPS) is 8.36. The first-order chi connectivity index (χ1) is 4.72. The number of carboxylic acid groups (broad SMARTS) is 1. The van der Waals surface area contributed by atoms with Gasteiger partial charge in [0.05, 0.1) is 5.97 Å². The number of carbonyl (C=O) groups is 1. The van der Waals surface area contributed by atoms with Gasteiger partial charge in [0.1, 0.15) is 4.64 Å². The van der Waals surface area contributed by atoms with Crippen molar-refractivity contribution in [2.24, 2.45) is 0 Å².